The van der Waals surface area contributed by atoms with Crippen LogP contribution in [0.25, 0.3) is 0 Å². The number of carbonyl (C=O) groups excluding carboxylic acids is 2. The van der Waals surface area contributed by atoms with E-state index in [-0.39, 0.29) is 26.1 Å². The second kappa shape index (κ2) is 31.9. The van der Waals surface area contributed by atoms with Crippen LogP contribution in [0.1, 0.15) is 136 Å². The van der Waals surface area contributed by atoms with Gasteiger partial charge in [-0.05, 0) is 57.8 Å². The number of hydrogen-bond donors (Lipinski definition) is 0. The molecule has 0 saturated carbocycles. The van der Waals surface area contributed by atoms with Crippen molar-refractivity contribution < 1.29 is 42.1 Å². The quantitative estimate of drug-likeness (QED) is 0.0165. The van der Waals surface area contributed by atoms with Gasteiger partial charge in [0, 0.05) is 12.8 Å². The van der Waals surface area contributed by atoms with Crippen LogP contribution < -0.4 is 4.89 Å². The van der Waals surface area contributed by atoms with E-state index < -0.39 is 32.5 Å². The van der Waals surface area contributed by atoms with Crippen LogP contribution in [0, 0.1) is 0 Å². The third-order valence-corrected chi connectivity index (χ3v) is 8.61. The highest BCUT2D eigenvalue weighted by Gasteiger charge is 2.21. The Hall–Kier alpha value is -2.03. The van der Waals surface area contributed by atoms with Crippen molar-refractivity contribution in [2.24, 2.45) is 0 Å². The Morgan fingerprint density at radius 3 is 1.78 bits per heavy atom. The molecule has 0 bridgehead atoms. The van der Waals surface area contributed by atoms with E-state index in [2.05, 4.69) is 44.2 Å². The van der Waals surface area contributed by atoms with E-state index in [0.29, 0.717) is 23.9 Å². The number of ether oxygens (including phenoxy) is 2. The monoisotopic (exact) mass is 711 g/mol. The summed E-state index contributed by atoms with van der Waals surface area (Å²) in [6.07, 6.45) is 34.2. The van der Waals surface area contributed by atoms with Crippen molar-refractivity contribution in [3.8, 4) is 0 Å². The summed E-state index contributed by atoms with van der Waals surface area (Å²) >= 11 is 0. The molecule has 10 heteroatoms. The summed E-state index contributed by atoms with van der Waals surface area (Å²) in [5.74, 6) is -0.876. The van der Waals surface area contributed by atoms with Crippen LogP contribution in [0.4, 0.5) is 0 Å². The van der Waals surface area contributed by atoms with Crippen molar-refractivity contribution in [2.75, 3.05) is 47.5 Å². The first-order valence-electron chi connectivity index (χ1n) is 18.9. The van der Waals surface area contributed by atoms with Crippen LogP contribution in [0.3, 0.4) is 0 Å². The fourth-order valence-corrected chi connectivity index (χ4v) is 5.38. The Kier molecular flexibility index (Phi) is 30.6. The van der Waals surface area contributed by atoms with Crippen LogP contribution >= 0.6 is 7.82 Å². The summed E-state index contributed by atoms with van der Waals surface area (Å²) in [4.78, 5) is 37.3. The van der Waals surface area contributed by atoms with Crippen molar-refractivity contribution in [2.45, 2.75) is 142 Å². The number of carbonyl (C=O) groups is 2. The fourth-order valence-electron chi connectivity index (χ4n) is 4.65. The molecule has 0 heterocycles. The zero-order valence-electron chi connectivity index (χ0n) is 31.6. The SMILES string of the molecule is CC/C=C/C=C/C=C/CCCCCCCC(=O)OC(COC(=O)CCCCCCC/C=C/CCCCC)COP(=O)([O-])OCC[N+](C)(C)C. The van der Waals surface area contributed by atoms with Gasteiger partial charge in [-0.2, -0.15) is 0 Å². The fraction of sp³-hybridized carbons (Fsp3) is 0.744. The number of unbranched alkanes of at least 4 members (excludes halogenated alkanes) is 13. The molecule has 284 valence electrons. The van der Waals surface area contributed by atoms with E-state index >= 15 is 0 Å². The number of phosphoric ester groups is 1. The average molecular weight is 712 g/mol. The molecule has 9 nitrogen and oxygen atoms in total. The van der Waals surface area contributed by atoms with E-state index in [1.54, 1.807) is 0 Å². The molecule has 0 aliphatic heterocycles. The van der Waals surface area contributed by atoms with E-state index in [9.17, 15) is 19.0 Å². The minimum Gasteiger partial charge on any atom is -0.756 e. The second-order valence-corrected chi connectivity index (χ2v) is 15.0. The largest absolute Gasteiger partial charge is 0.756 e. The van der Waals surface area contributed by atoms with E-state index in [0.717, 1.165) is 77.0 Å². The van der Waals surface area contributed by atoms with Gasteiger partial charge in [0.05, 0.1) is 27.7 Å². The highest BCUT2D eigenvalue weighted by molar-refractivity contribution is 7.45. The Balaban J connectivity index is 4.51. The van der Waals surface area contributed by atoms with Crippen molar-refractivity contribution in [3.63, 3.8) is 0 Å². The number of likely N-dealkylation sites (N-methyl/N-ethyl adjacent to an activating group) is 1. The molecule has 49 heavy (non-hydrogen) atoms. The maximum Gasteiger partial charge on any atom is 0.306 e. The minimum absolute atomic E-state index is 0.0382. The molecule has 0 N–H and O–H groups in total. The lowest BCUT2D eigenvalue weighted by Crippen LogP contribution is -2.37. The van der Waals surface area contributed by atoms with Gasteiger partial charge in [0.2, 0.25) is 0 Å². The molecule has 0 aromatic rings. The van der Waals surface area contributed by atoms with Gasteiger partial charge in [0.15, 0.2) is 6.10 Å². The van der Waals surface area contributed by atoms with Crippen LogP contribution in [0.2, 0.25) is 0 Å². The van der Waals surface area contributed by atoms with Gasteiger partial charge < -0.3 is 27.9 Å². The second-order valence-electron chi connectivity index (χ2n) is 13.6. The standard InChI is InChI=1S/C39H70NO8P/c1-6-8-10-12-14-16-18-20-22-24-26-28-30-32-39(42)48-37(36-47-49(43,44)46-34-33-40(3,4)5)35-45-38(41)31-29-27-25-23-21-19-17-15-13-11-9-7-2/h8,10,12,14-18,37H,6-7,9,11,13,19-36H2,1-5H3/b10-8+,14-12+,17-15+,18-16+. The van der Waals surface area contributed by atoms with Crippen molar-refractivity contribution >= 4 is 19.8 Å². The molecular weight excluding hydrogens is 641 g/mol. The summed E-state index contributed by atoms with van der Waals surface area (Å²) in [6, 6.07) is 0. The predicted molar refractivity (Wildman–Crippen MR) is 199 cm³/mol. The Bertz CT molecular complexity index is 986. The van der Waals surface area contributed by atoms with Gasteiger partial charge in [-0.25, -0.2) is 0 Å². The number of esters is 2. The third-order valence-electron chi connectivity index (χ3n) is 7.64. The van der Waals surface area contributed by atoms with Crippen molar-refractivity contribution in [1.82, 2.24) is 0 Å². The molecule has 0 aliphatic carbocycles. The van der Waals surface area contributed by atoms with Crippen LogP contribution in [0.15, 0.2) is 48.6 Å². The van der Waals surface area contributed by atoms with Gasteiger partial charge in [-0.15, -0.1) is 0 Å². The minimum atomic E-state index is -4.62. The Morgan fingerprint density at radius 2 is 1.18 bits per heavy atom. The first kappa shape index (κ1) is 47.0. The summed E-state index contributed by atoms with van der Waals surface area (Å²) in [7, 11) is 1.14. The molecule has 0 aliphatic rings. The number of phosphoric acid groups is 1. The van der Waals surface area contributed by atoms with Crippen LogP contribution in [0.5, 0.6) is 0 Å². The summed E-state index contributed by atoms with van der Waals surface area (Å²) < 4.78 is 33.7. The van der Waals surface area contributed by atoms with Gasteiger partial charge in [-0.1, -0.05) is 114 Å². The van der Waals surface area contributed by atoms with E-state index in [1.807, 2.05) is 39.4 Å². The molecule has 0 aromatic heterocycles. The Morgan fingerprint density at radius 1 is 0.653 bits per heavy atom. The molecule has 0 saturated heterocycles. The zero-order chi connectivity index (χ0) is 36.5. The topological polar surface area (TPSA) is 111 Å². The lowest BCUT2D eigenvalue weighted by atomic mass is 10.1. The summed E-state index contributed by atoms with van der Waals surface area (Å²) in [5.41, 5.74) is 0. The van der Waals surface area contributed by atoms with E-state index in [4.69, 9.17) is 18.5 Å². The van der Waals surface area contributed by atoms with Gasteiger partial charge in [0.1, 0.15) is 19.8 Å². The lowest BCUT2D eigenvalue weighted by molar-refractivity contribution is -0.870. The molecule has 0 fully saturated rings. The van der Waals surface area contributed by atoms with Crippen molar-refractivity contribution in [1.29, 1.82) is 0 Å². The number of hydrogen-bond acceptors (Lipinski definition) is 8. The van der Waals surface area contributed by atoms with Crippen LogP contribution in [-0.4, -0.2) is 70.0 Å². The van der Waals surface area contributed by atoms with E-state index in [1.165, 1.54) is 19.3 Å². The summed E-state index contributed by atoms with van der Waals surface area (Å²) in [5, 5.41) is 0. The maximum atomic E-state index is 12.6. The molecule has 2 unspecified atom stereocenters. The first-order valence-corrected chi connectivity index (χ1v) is 20.3. The normalized spacial score (nSPS) is 14.3. The van der Waals surface area contributed by atoms with Gasteiger partial charge in [0.25, 0.3) is 7.82 Å². The lowest BCUT2D eigenvalue weighted by Gasteiger charge is -2.28. The number of rotatable bonds is 33. The van der Waals surface area contributed by atoms with Gasteiger partial charge >= 0.3 is 11.9 Å². The summed E-state index contributed by atoms with van der Waals surface area (Å²) in [6.45, 7) is 4.00. The Labute approximate surface area is 299 Å². The predicted octanol–water partition coefficient (Wildman–Crippen LogP) is 9.33. The molecular formula is C39H70NO8P. The van der Waals surface area contributed by atoms with Crippen molar-refractivity contribution in [3.05, 3.63) is 48.6 Å². The maximum absolute atomic E-state index is 12.6. The molecule has 0 radical (unpaired) electrons. The van der Waals surface area contributed by atoms with Crippen LogP contribution in [-0.2, 0) is 32.7 Å². The average Bonchev–Trinajstić information content (AvgIpc) is 3.04. The third kappa shape index (κ3) is 35.6. The molecule has 0 rings (SSSR count). The molecule has 0 amide bonds. The molecule has 2 atom stereocenters. The number of nitrogens with zero attached hydrogens (tertiary/aromatic N) is 1. The zero-order valence-corrected chi connectivity index (χ0v) is 32.5. The molecule has 0 aromatic carbocycles. The molecule has 0 spiro atoms. The highest BCUT2D eigenvalue weighted by Crippen LogP contribution is 2.38. The smallest absolute Gasteiger partial charge is 0.306 e. The number of quaternary nitrogens is 1. The number of allylic oxidation sites excluding steroid dienone is 8. The van der Waals surface area contributed by atoms with Gasteiger partial charge in [-0.3, -0.25) is 14.2 Å². The first-order chi connectivity index (χ1) is 23.5. The highest BCUT2D eigenvalue weighted by atomic mass is 31.2.